The van der Waals surface area contributed by atoms with Crippen LogP contribution in [0, 0.1) is 6.92 Å². The summed E-state index contributed by atoms with van der Waals surface area (Å²) >= 11 is 0. The molecule has 3 rings (SSSR count). The molecule has 0 spiro atoms. The first kappa shape index (κ1) is 20.4. The maximum absolute atomic E-state index is 11.7. The van der Waals surface area contributed by atoms with E-state index < -0.39 is 0 Å². The average molecular weight is 373 g/mol. The molecule has 0 aliphatic carbocycles. The topological polar surface area (TPSA) is 48.0 Å². The van der Waals surface area contributed by atoms with Gasteiger partial charge in [0.2, 0.25) is 0 Å². The van der Waals surface area contributed by atoms with Gasteiger partial charge in [-0.3, -0.25) is 9.69 Å². The van der Waals surface area contributed by atoms with Crippen molar-refractivity contribution in [3.8, 4) is 0 Å². The van der Waals surface area contributed by atoms with Gasteiger partial charge in [-0.2, -0.15) is 0 Å². The van der Waals surface area contributed by atoms with Crippen molar-refractivity contribution < 1.29 is 18.8 Å². The summed E-state index contributed by atoms with van der Waals surface area (Å²) in [5.41, 5.74) is 4.43. The molecule has 1 saturated heterocycles. The lowest BCUT2D eigenvalue weighted by molar-refractivity contribution is -0.143. The molecule has 148 valence electrons. The first-order valence-electron chi connectivity index (χ1n) is 9.99. The first-order chi connectivity index (χ1) is 12.6. The van der Waals surface area contributed by atoms with E-state index in [4.69, 9.17) is 14.0 Å². The lowest BCUT2D eigenvalue weighted by Gasteiger charge is -2.32. The highest BCUT2D eigenvalue weighted by atomic mass is 16.7. The Kier molecular flexibility index (Phi) is 5.71. The number of hydrogen-bond acceptors (Lipinski definition) is 5. The molecule has 0 bridgehead atoms. The SMILES string of the molecule is CCOC(=O)CCN1CCc2c(C)cc(B3OC(C)(C)C(C)(C)O3)cc2C1. The van der Waals surface area contributed by atoms with Gasteiger partial charge in [-0.15, -0.1) is 0 Å². The minimum absolute atomic E-state index is 0.120. The molecule has 1 aromatic carbocycles. The van der Waals surface area contributed by atoms with Gasteiger partial charge in [-0.05, 0) is 70.1 Å². The van der Waals surface area contributed by atoms with Crippen LogP contribution in [0.4, 0.5) is 0 Å². The Balaban J connectivity index is 1.74. The molecule has 0 saturated carbocycles. The van der Waals surface area contributed by atoms with Gasteiger partial charge in [0, 0.05) is 19.6 Å². The van der Waals surface area contributed by atoms with Gasteiger partial charge in [0.05, 0.1) is 24.2 Å². The molecule has 0 radical (unpaired) electrons. The van der Waals surface area contributed by atoms with Gasteiger partial charge in [-0.1, -0.05) is 12.1 Å². The molecule has 0 unspecified atom stereocenters. The minimum Gasteiger partial charge on any atom is -0.466 e. The fraction of sp³-hybridized carbons (Fsp3) is 0.667. The van der Waals surface area contributed by atoms with E-state index in [-0.39, 0.29) is 24.3 Å². The maximum atomic E-state index is 11.7. The van der Waals surface area contributed by atoms with E-state index >= 15 is 0 Å². The smallest absolute Gasteiger partial charge is 0.466 e. The summed E-state index contributed by atoms with van der Waals surface area (Å²) in [6, 6.07) is 4.43. The molecule has 1 aromatic rings. The Morgan fingerprint density at radius 1 is 1.22 bits per heavy atom. The molecule has 0 aromatic heterocycles. The van der Waals surface area contributed by atoms with Crippen LogP contribution in [0.1, 0.15) is 57.7 Å². The Morgan fingerprint density at radius 2 is 1.89 bits per heavy atom. The minimum atomic E-state index is -0.340. The summed E-state index contributed by atoms with van der Waals surface area (Å²) in [6.45, 7) is 15.3. The van der Waals surface area contributed by atoms with Crippen LogP contribution in [0.5, 0.6) is 0 Å². The summed E-state index contributed by atoms with van der Waals surface area (Å²) in [5, 5.41) is 0. The van der Waals surface area contributed by atoms with E-state index in [1.807, 2.05) is 6.92 Å². The van der Waals surface area contributed by atoms with Crippen molar-refractivity contribution in [2.75, 3.05) is 19.7 Å². The molecule has 6 heteroatoms. The highest BCUT2D eigenvalue weighted by Gasteiger charge is 2.51. The second-order valence-corrected chi connectivity index (χ2v) is 8.64. The van der Waals surface area contributed by atoms with E-state index in [1.165, 1.54) is 16.7 Å². The molecule has 0 atom stereocenters. The van der Waals surface area contributed by atoms with E-state index in [0.717, 1.165) is 31.5 Å². The van der Waals surface area contributed by atoms with Crippen molar-refractivity contribution in [1.82, 2.24) is 4.90 Å². The summed E-state index contributed by atoms with van der Waals surface area (Å²) in [6.07, 6.45) is 1.45. The molecule has 27 heavy (non-hydrogen) atoms. The third kappa shape index (κ3) is 4.23. The van der Waals surface area contributed by atoms with E-state index in [9.17, 15) is 4.79 Å². The number of nitrogens with zero attached hydrogens (tertiary/aromatic N) is 1. The Hall–Kier alpha value is -1.37. The number of aryl methyl sites for hydroxylation is 1. The van der Waals surface area contributed by atoms with Gasteiger partial charge in [-0.25, -0.2) is 0 Å². The van der Waals surface area contributed by atoms with Crippen LogP contribution >= 0.6 is 0 Å². The van der Waals surface area contributed by atoms with E-state index in [0.29, 0.717) is 13.0 Å². The van der Waals surface area contributed by atoms with Gasteiger partial charge in [0.15, 0.2) is 0 Å². The van der Waals surface area contributed by atoms with E-state index in [1.54, 1.807) is 0 Å². The monoisotopic (exact) mass is 373 g/mol. The maximum Gasteiger partial charge on any atom is 0.494 e. The van der Waals surface area contributed by atoms with Crippen molar-refractivity contribution in [2.24, 2.45) is 0 Å². The molecule has 1 fully saturated rings. The lowest BCUT2D eigenvalue weighted by Crippen LogP contribution is -2.41. The number of rotatable bonds is 5. The van der Waals surface area contributed by atoms with Crippen molar-refractivity contribution in [2.45, 2.75) is 72.1 Å². The highest BCUT2D eigenvalue weighted by molar-refractivity contribution is 6.62. The first-order valence-corrected chi connectivity index (χ1v) is 9.99. The number of carbonyl (C=O) groups is 1. The van der Waals surface area contributed by atoms with Crippen LogP contribution in [-0.2, 0) is 31.8 Å². The molecule has 5 nitrogen and oxygen atoms in total. The molecular formula is C21H32BNO4. The lowest BCUT2D eigenvalue weighted by atomic mass is 9.75. The molecule has 2 aliphatic rings. The van der Waals surface area contributed by atoms with Gasteiger partial charge in [0.25, 0.3) is 0 Å². The highest BCUT2D eigenvalue weighted by Crippen LogP contribution is 2.36. The number of esters is 1. The summed E-state index contributed by atoms with van der Waals surface area (Å²) < 4.78 is 17.5. The normalized spacial score (nSPS) is 21.2. The van der Waals surface area contributed by atoms with Crippen molar-refractivity contribution in [3.05, 3.63) is 28.8 Å². The third-order valence-electron chi connectivity index (χ3n) is 6.12. The fourth-order valence-electron chi connectivity index (χ4n) is 3.80. The number of carbonyl (C=O) groups excluding carboxylic acids is 1. The predicted molar refractivity (Wildman–Crippen MR) is 107 cm³/mol. The zero-order chi connectivity index (χ0) is 19.8. The molecule has 0 amide bonds. The second kappa shape index (κ2) is 7.57. The average Bonchev–Trinajstić information content (AvgIpc) is 2.81. The van der Waals surface area contributed by atoms with Crippen LogP contribution in [0.2, 0.25) is 0 Å². The molecule has 0 N–H and O–H groups in total. The molecule has 2 heterocycles. The van der Waals surface area contributed by atoms with Crippen molar-refractivity contribution >= 4 is 18.6 Å². The zero-order valence-electron chi connectivity index (χ0n) is 17.6. The largest absolute Gasteiger partial charge is 0.494 e. The number of hydrogen-bond donors (Lipinski definition) is 0. The van der Waals surface area contributed by atoms with Gasteiger partial charge in [0.1, 0.15) is 0 Å². The van der Waals surface area contributed by atoms with Crippen LogP contribution in [0.25, 0.3) is 0 Å². The van der Waals surface area contributed by atoms with Crippen molar-refractivity contribution in [1.29, 1.82) is 0 Å². The predicted octanol–water partition coefficient (Wildman–Crippen LogP) is 2.61. The number of ether oxygens (including phenoxy) is 1. The molecular weight excluding hydrogens is 341 g/mol. The zero-order valence-corrected chi connectivity index (χ0v) is 17.6. The Bertz CT molecular complexity index is 700. The summed E-state index contributed by atoms with van der Waals surface area (Å²) in [7, 11) is -0.339. The Morgan fingerprint density at radius 3 is 2.52 bits per heavy atom. The van der Waals surface area contributed by atoms with Crippen LogP contribution in [-0.4, -0.2) is 48.9 Å². The fourth-order valence-corrected chi connectivity index (χ4v) is 3.80. The second-order valence-electron chi connectivity index (χ2n) is 8.64. The van der Waals surface area contributed by atoms with Gasteiger partial charge >= 0.3 is 13.1 Å². The van der Waals surface area contributed by atoms with Gasteiger partial charge < -0.3 is 14.0 Å². The number of benzene rings is 1. The number of fused-ring (bicyclic) bond motifs is 1. The van der Waals surface area contributed by atoms with E-state index in [2.05, 4.69) is 51.7 Å². The van der Waals surface area contributed by atoms with Crippen LogP contribution < -0.4 is 5.46 Å². The Labute approximate surface area is 163 Å². The standard InChI is InChI=1S/C21H32BNO4/c1-7-25-19(24)9-11-23-10-8-18-15(2)12-17(13-16(18)14-23)22-26-20(3,4)21(5,6)27-22/h12-13H,7-11,14H2,1-6H3. The third-order valence-corrected chi connectivity index (χ3v) is 6.12. The van der Waals surface area contributed by atoms with Crippen molar-refractivity contribution in [3.63, 3.8) is 0 Å². The van der Waals surface area contributed by atoms with Crippen LogP contribution in [0.3, 0.4) is 0 Å². The molecule has 2 aliphatic heterocycles. The van der Waals surface area contributed by atoms with Crippen LogP contribution in [0.15, 0.2) is 12.1 Å². The quantitative estimate of drug-likeness (QED) is 0.587. The summed E-state index contributed by atoms with van der Waals surface area (Å²) in [5.74, 6) is -0.120. The summed E-state index contributed by atoms with van der Waals surface area (Å²) in [4.78, 5) is 14.0.